The molecule has 26 heavy (non-hydrogen) atoms. The van der Waals surface area contributed by atoms with Crippen LogP contribution in [0.5, 0.6) is 5.75 Å². The van der Waals surface area contributed by atoms with Gasteiger partial charge in [-0.1, -0.05) is 24.3 Å². The van der Waals surface area contributed by atoms with E-state index in [1.165, 1.54) is 22.9 Å². The summed E-state index contributed by atoms with van der Waals surface area (Å²) in [6.07, 6.45) is 2.73. The maximum absolute atomic E-state index is 14.2. The smallest absolute Gasteiger partial charge is 0.134 e. The Balaban J connectivity index is 1.76. The summed E-state index contributed by atoms with van der Waals surface area (Å²) >= 11 is 0. The Hall–Kier alpha value is -2.37. The number of hydrogen-bond acceptors (Lipinski definition) is 4. The fourth-order valence-corrected chi connectivity index (χ4v) is 4.05. The van der Waals surface area contributed by atoms with Crippen LogP contribution in [0.4, 0.5) is 10.1 Å². The van der Waals surface area contributed by atoms with E-state index in [4.69, 9.17) is 10.5 Å². The zero-order chi connectivity index (χ0) is 18.3. The number of hydrogen-bond donors (Lipinski definition) is 2. The number of nitrogens with one attached hydrogen (secondary N) is 1. The van der Waals surface area contributed by atoms with Gasteiger partial charge >= 0.3 is 0 Å². The second kappa shape index (κ2) is 6.74. The zero-order valence-corrected chi connectivity index (χ0v) is 15.1. The quantitative estimate of drug-likeness (QED) is 0.888. The van der Waals surface area contributed by atoms with Crippen molar-refractivity contribution < 1.29 is 9.13 Å². The number of rotatable bonds is 3. The van der Waals surface area contributed by atoms with Crippen molar-refractivity contribution in [3.63, 3.8) is 0 Å². The van der Waals surface area contributed by atoms with Gasteiger partial charge in [0, 0.05) is 23.8 Å². The number of benzene rings is 2. The summed E-state index contributed by atoms with van der Waals surface area (Å²) in [4.78, 5) is 2.33. The summed E-state index contributed by atoms with van der Waals surface area (Å²) in [5.74, 6) is 0.340. The lowest BCUT2D eigenvalue weighted by Crippen LogP contribution is -2.50. The SMILES string of the molecule is CN[C@@H](C1=Cc2c(F)cccc2OC1)N1CC[C@@H](N)c2cccc(C)c21. The van der Waals surface area contributed by atoms with Gasteiger partial charge in [0.25, 0.3) is 0 Å². The van der Waals surface area contributed by atoms with Crippen LogP contribution in [-0.2, 0) is 0 Å². The summed E-state index contributed by atoms with van der Waals surface area (Å²) < 4.78 is 20.1. The van der Waals surface area contributed by atoms with Crippen LogP contribution in [0.1, 0.15) is 29.2 Å². The highest BCUT2D eigenvalue weighted by atomic mass is 19.1. The van der Waals surface area contributed by atoms with Gasteiger partial charge in [-0.3, -0.25) is 5.32 Å². The average Bonchev–Trinajstić information content (AvgIpc) is 2.65. The van der Waals surface area contributed by atoms with Crippen molar-refractivity contribution in [1.29, 1.82) is 0 Å². The number of likely N-dealkylation sites (N-methyl/N-ethyl adjacent to an activating group) is 1. The second-order valence-electron chi connectivity index (χ2n) is 6.95. The van der Waals surface area contributed by atoms with Crippen LogP contribution in [0.25, 0.3) is 6.08 Å². The van der Waals surface area contributed by atoms with Crippen LogP contribution in [0, 0.1) is 12.7 Å². The Bertz CT molecular complexity index is 864. The Kier molecular flexibility index (Phi) is 4.42. The highest BCUT2D eigenvalue weighted by Gasteiger charge is 2.31. The van der Waals surface area contributed by atoms with Gasteiger partial charge in [-0.2, -0.15) is 0 Å². The number of para-hydroxylation sites is 1. The molecule has 4 nitrogen and oxygen atoms in total. The lowest BCUT2D eigenvalue weighted by atomic mass is 9.92. The maximum atomic E-state index is 14.2. The first kappa shape index (κ1) is 17.1. The average molecular weight is 353 g/mol. The number of nitrogens with two attached hydrogens (primary N) is 1. The van der Waals surface area contributed by atoms with E-state index in [-0.39, 0.29) is 18.0 Å². The van der Waals surface area contributed by atoms with Gasteiger partial charge in [-0.05, 0) is 49.7 Å². The van der Waals surface area contributed by atoms with Crippen LogP contribution < -0.4 is 20.7 Å². The van der Waals surface area contributed by atoms with Crippen LogP contribution >= 0.6 is 0 Å². The highest BCUT2D eigenvalue weighted by molar-refractivity contribution is 5.68. The predicted molar refractivity (Wildman–Crippen MR) is 103 cm³/mol. The molecule has 0 aliphatic carbocycles. The Morgan fingerprint density at radius 1 is 1.27 bits per heavy atom. The third kappa shape index (κ3) is 2.77. The molecule has 3 N–H and O–H groups in total. The normalized spacial score (nSPS) is 19.9. The predicted octanol–water partition coefficient (Wildman–Crippen LogP) is 3.37. The van der Waals surface area contributed by atoms with Gasteiger partial charge in [-0.25, -0.2) is 4.39 Å². The van der Waals surface area contributed by atoms with Crippen molar-refractivity contribution in [3.05, 3.63) is 64.5 Å². The molecule has 0 saturated heterocycles. The first-order valence-electron chi connectivity index (χ1n) is 9.01. The van der Waals surface area contributed by atoms with Gasteiger partial charge in [0.15, 0.2) is 0 Å². The molecule has 136 valence electrons. The fourth-order valence-electron chi connectivity index (χ4n) is 4.05. The van der Waals surface area contributed by atoms with Crippen LogP contribution in [0.15, 0.2) is 42.0 Å². The first-order valence-corrected chi connectivity index (χ1v) is 9.01. The third-order valence-corrected chi connectivity index (χ3v) is 5.31. The standard InChI is InChI=1S/C21H24FN3O/c1-13-5-3-6-15-18(23)9-10-25(20(13)15)21(24-2)14-11-16-17(22)7-4-8-19(16)26-12-14/h3-8,11,18,21,24H,9-10,12,23H2,1-2H3/t18-,21-/m1/s1. The molecule has 2 aromatic carbocycles. The summed E-state index contributed by atoms with van der Waals surface area (Å²) in [6.45, 7) is 3.38. The first-order chi connectivity index (χ1) is 12.6. The molecule has 0 spiro atoms. The summed E-state index contributed by atoms with van der Waals surface area (Å²) in [7, 11) is 1.93. The van der Waals surface area contributed by atoms with Crippen LogP contribution in [-0.4, -0.2) is 26.4 Å². The zero-order valence-electron chi connectivity index (χ0n) is 15.1. The van der Waals surface area contributed by atoms with Gasteiger partial charge in [0.1, 0.15) is 24.3 Å². The molecule has 0 fully saturated rings. The molecule has 0 saturated carbocycles. The van der Waals surface area contributed by atoms with Crippen molar-refractivity contribution in [1.82, 2.24) is 5.32 Å². The number of halogens is 1. The minimum absolute atomic E-state index is 0.0495. The minimum atomic E-state index is -0.258. The fraction of sp³-hybridized carbons (Fsp3) is 0.333. The molecule has 0 unspecified atom stereocenters. The Morgan fingerprint density at radius 2 is 2.08 bits per heavy atom. The van der Waals surface area contributed by atoms with E-state index >= 15 is 0 Å². The largest absolute Gasteiger partial charge is 0.488 e. The van der Waals surface area contributed by atoms with Crippen molar-refractivity contribution >= 4 is 11.8 Å². The van der Waals surface area contributed by atoms with E-state index in [0.717, 1.165) is 18.5 Å². The molecule has 0 radical (unpaired) electrons. The lowest BCUT2D eigenvalue weighted by Gasteiger charge is -2.42. The van der Waals surface area contributed by atoms with Gasteiger partial charge in [0.2, 0.25) is 0 Å². The maximum Gasteiger partial charge on any atom is 0.134 e. The van der Waals surface area contributed by atoms with Crippen LogP contribution in [0.2, 0.25) is 0 Å². The van der Waals surface area contributed by atoms with Crippen molar-refractivity contribution in [3.8, 4) is 5.75 Å². The second-order valence-corrected chi connectivity index (χ2v) is 6.95. The molecule has 2 atom stereocenters. The van der Waals surface area contributed by atoms with E-state index < -0.39 is 0 Å². The summed E-state index contributed by atoms with van der Waals surface area (Å²) in [6, 6.07) is 11.3. The number of nitrogens with zero attached hydrogens (tertiary/aromatic N) is 1. The Morgan fingerprint density at radius 3 is 2.88 bits per heavy atom. The highest BCUT2D eigenvalue weighted by Crippen LogP contribution is 2.38. The summed E-state index contributed by atoms with van der Waals surface area (Å²) in [5.41, 5.74) is 11.4. The van der Waals surface area contributed by atoms with E-state index in [9.17, 15) is 4.39 Å². The summed E-state index contributed by atoms with van der Waals surface area (Å²) in [5, 5.41) is 3.39. The molecule has 4 rings (SSSR count). The van der Waals surface area contributed by atoms with E-state index in [1.807, 2.05) is 13.1 Å². The molecular formula is C21H24FN3O. The van der Waals surface area contributed by atoms with Gasteiger partial charge < -0.3 is 15.4 Å². The molecule has 2 aliphatic heterocycles. The molecule has 0 bridgehead atoms. The molecule has 0 aromatic heterocycles. The van der Waals surface area contributed by atoms with Crippen molar-refractivity contribution in [2.24, 2.45) is 5.73 Å². The number of fused-ring (bicyclic) bond motifs is 2. The third-order valence-electron chi connectivity index (χ3n) is 5.31. The van der Waals surface area contributed by atoms with Gasteiger partial charge in [-0.15, -0.1) is 0 Å². The number of aryl methyl sites for hydroxylation is 1. The lowest BCUT2D eigenvalue weighted by molar-refractivity contribution is 0.328. The molecule has 2 heterocycles. The van der Waals surface area contributed by atoms with Crippen LogP contribution in [0.3, 0.4) is 0 Å². The monoisotopic (exact) mass is 353 g/mol. The van der Waals surface area contributed by atoms with Crippen molar-refractivity contribution in [2.75, 3.05) is 25.1 Å². The molecular weight excluding hydrogens is 329 g/mol. The van der Waals surface area contributed by atoms with Gasteiger partial charge in [0.05, 0.1) is 5.56 Å². The molecule has 5 heteroatoms. The number of ether oxygens (including phenoxy) is 1. The molecule has 2 aromatic rings. The van der Waals surface area contributed by atoms with E-state index in [2.05, 4.69) is 35.3 Å². The van der Waals surface area contributed by atoms with E-state index in [1.54, 1.807) is 12.1 Å². The van der Waals surface area contributed by atoms with E-state index in [0.29, 0.717) is 17.9 Å². The number of anilines is 1. The Labute approximate surface area is 153 Å². The molecule has 0 amide bonds. The molecule has 2 aliphatic rings. The topological polar surface area (TPSA) is 50.5 Å². The van der Waals surface area contributed by atoms with Crippen molar-refractivity contribution in [2.45, 2.75) is 25.6 Å². The minimum Gasteiger partial charge on any atom is -0.488 e.